The molecule has 2 atom stereocenters. The van der Waals surface area contributed by atoms with Crippen molar-refractivity contribution < 1.29 is 4.74 Å². The first-order valence-corrected chi connectivity index (χ1v) is 9.10. The van der Waals surface area contributed by atoms with Crippen LogP contribution in [0.15, 0.2) is 54.6 Å². The van der Waals surface area contributed by atoms with Crippen molar-refractivity contribution in [1.29, 1.82) is 0 Å². The minimum Gasteiger partial charge on any atom is -0.381 e. The molecule has 1 N–H and O–H groups in total. The first kappa shape index (κ1) is 16.3. The molecule has 4 nitrogen and oxygen atoms in total. The van der Waals surface area contributed by atoms with Crippen LogP contribution < -0.4 is 5.32 Å². The quantitative estimate of drug-likeness (QED) is 0.747. The fourth-order valence-corrected chi connectivity index (χ4v) is 3.67. The summed E-state index contributed by atoms with van der Waals surface area (Å²) >= 11 is 0. The molecule has 0 unspecified atom stereocenters. The molecule has 0 spiro atoms. The molecule has 0 aliphatic carbocycles. The van der Waals surface area contributed by atoms with Gasteiger partial charge in [0.2, 0.25) is 0 Å². The number of rotatable bonds is 6. The Balaban J connectivity index is 1.61. The predicted octanol–water partition coefficient (Wildman–Crippen LogP) is 3.68. The lowest BCUT2D eigenvalue weighted by atomic mass is 10.0. The van der Waals surface area contributed by atoms with Crippen LogP contribution in [0.5, 0.6) is 0 Å². The first-order valence-electron chi connectivity index (χ1n) is 9.10. The van der Waals surface area contributed by atoms with Gasteiger partial charge in [-0.3, -0.25) is 0 Å². The SMILES string of the molecule is Cn1c([C@H](NCC[C@@H]2CCOC2)c2ccccc2)nc2ccccc21. The molecule has 0 amide bonds. The van der Waals surface area contributed by atoms with Crippen LogP contribution in [0.2, 0.25) is 0 Å². The Morgan fingerprint density at radius 1 is 1.16 bits per heavy atom. The molecule has 1 fully saturated rings. The molecule has 4 rings (SSSR count). The van der Waals surface area contributed by atoms with Gasteiger partial charge in [0.1, 0.15) is 5.82 Å². The van der Waals surface area contributed by atoms with Gasteiger partial charge in [-0.15, -0.1) is 0 Å². The number of fused-ring (bicyclic) bond motifs is 1. The van der Waals surface area contributed by atoms with Crippen molar-refractivity contribution in [3.05, 3.63) is 66.0 Å². The van der Waals surface area contributed by atoms with E-state index in [2.05, 4.69) is 65.5 Å². The first-order chi connectivity index (χ1) is 12.3. The van der Waals surface area contributed by atoms with Crippen molar-refractivity contribution in [2.45, 2.75) is 18.9 Å². The Kier molecular flexibility index (Phi) is 4.81. The van der Waals surface area contributed by atoms with Crippen LogP contribution in [-0.4, -0.2) is 29.3 Å². The second-order valence-corrected chi connectivity index (χ2v) is 6.83. The molecular formula is C21H25N3O. The topological polar surface area (TPSA) is 39.1 Å². The highest BCUT2D eigenvalue weighted by Crippen LogP contribution is 2.25. The van der Waals surface area contributed by atoms with Gasteiger partial charge in [-0.2, -0.15) is 0 Å². The number of aryl methyl sites for hydroxylation is 1. The van der Waals surface area contributed by atoms with E-state index in [1.165, 1.54) is 17.5 Å². The van der Waals surface area contributed by atoms with Crippen LogP contribution in [0, 0.1) is 5.92 Å². The van der Waals surface area contributed by atoms with Crippen LogP contribution >= 0.6 is 0 Å². The van der Waals surface area contributed by atoms with Crippen molar-refractivity contribution in [1.82, 2.24) is 14.9 Å². The van der Waals surface area contributed by atoms with Crippen LogP contribution in [0.1, 0.15) is 30.3 Å². The summed E-state index contributed by atoms with van der Waals surface area (Å²) in [5.74, 6) is 1.75. The number of nitrogens with one attached hydrogen (secondary N) is 1. The van der Waals surface area contributed by atoms with E-state index in [9.17, 15) is 0 Å². The van der Waals surface area contributed by atoms with E-state index < -0.39 is 0 Å². The second-order valence-electron chi connectivity index (χ2n) is 6.83. The summed E-state index contributed by atoms with van der Waals surface area (Å²) in [6.45, 7) is 2.79. The van der Waals surface area contributed by atoms with E-state index in [-0.39, 0.29) is 6.04 Å². The predicted molar refractivity (Wildman–Crippen MR) is 101 cm³/mol. The molecule has 0 bridgehead atoms. The highest BCUT2D eigenvalue weighted by atomic mass is 16.5. The van der Waals surface area contributed by atoms with Gasteiger partial charge in [0.05, 0.1) is 17.1 Å². The molecule has 3 aromatic rings. The Hall–Kier alpha value is -2.17. The zero-order valence-electron chi connectivity index (χ0n) is 14.7. The number of imidazole rings is 1. The average molecular weight is 335 g/mol. The molecule has 1 saturated heterocycles. The van der Waals surface area contributed by atoms with Crippen molar-refractivity contribution in [2.75, 3.05) is 19.8 Å². The highest BCUT2D eigenvalue weighted by molar-refractivity contribution is 5.76. The zero-order chi connectivity index (χ0) is 17.1. The number of benzene rings is 2. The van der Waals surface area contributed by atoms with Gasteiger partial charge in [0.15, 0.2) is 0 Å². The fraction of sp³-hybridized carbons (Fsp3) is 0.381. The number of hydrogen-bond donors (Lipinski definition) is 1. The lowest BCUT2D eigenvalue weighted by Gasteiger charge is -2.20. The summed E-state index contributed by atoms with van der Waals surface area (Å²) < 4.78 is 7.71. The summed E-state index contributed by atoms with van der Waals surface area (Å²) in [6.07, 6.45) is 2.33. The van der Waals surface area contributed by atoms with E-state index in [1.807, 2.05) is 6.07 Å². The fourth-order valence-electron chi connectivity index (χ4n) is 3.67. The average Bonchev–Trinajstić information content (AvgIpc) is 3.28. The highest BCUT2D eigenvalue weighted by Gasteiger charge is 2.21. The largest absolute Gasteiger partial charge is 0.381 e. The maximum atomic E-state index is 5.50. The number of nitrogens with zero attached hydrogens (tertiary/aromatic N) is 2. The molecule has 25 heavy (non-hydrogen) atoms. The Labute approximate surface area is 148 Å². The van der Waals surface area contributed by atoms with Crippen LogP contribution in [0.3, 0.4) is 0 Å². The number of aromatic nitrogens is 2. The van der Waals surface area contributed by atoms with Gasteiger partial charge in [-0.1, -0.05) is 42.5 Å². The molecule has 1 aliphatic heterocycles. The Bertz CT molecular complexity index is 822. The number of hydrogen-bond acceptors (Lipinski definition) is 3. The summed E-state index contributed by atoms with van der Waals surface area (Å²) in [6, 6.07) is 19.0. The Morgan fingerprint density at radius 3 is 2.72 bits per heavy atom. The van der Waals surface area contributed by atoms with Crippen LogP contribution in [-0.2, 0) is 11.8 Å². The molecule has 4 heteroatoms. The summed E-state index contributed by atoms with van der Waals surface area (Å²) in [7, 11) is 2.10. The van der Waals surface area contributed by atoms with Gasteiger partial charge in [-0.05, 0) is 43.0 Å². The maximum Gasteiger partial charge on any atom is 0.131 e. The minimum atomic E-state index is 0.0981. The van der Waals surface area contributed by atoms with E-state index in [1.54, 1.807) is 0 Å². The van der Waals surface area contributed by atoms with Crippen molar-refractivity contribution >= 4 is 11.0 Å². The lowest BCUT2D eigenvalue weighted by molar-refractivity contribution is 0.184. The van der Waals surface area contributed by atoms with Gasteiger partial charge in [-0.25, -0.2) is 4.98 Å². The molecule has 130 valence electrons. The molecule has 2 heterocycles. The molecular weight excluding hydrogens is 310 g/mol. The third-order valence-corrected chi connectivity index (χ3v) is 5.14. The van der Waals surface area contributed by atoms with E-state index in [0.717, 1.165) is 37.5 Å². The monoisotopic (exact) mass is 335 g/mol. The van der Waals surface area contributed by atoms with E-state index >= 15 is 0 Å². The van der Waals surface area contributed by atoms with Gasteiger partial charge in [0.25, 0.3) is 0 Å². The maximum absolute atomic E-state index is 5.50. The van der Waals surface area contributed by atoms with Crippen molar-refractivity contribution in [3.8, 4) is 0 Å². The van der Waals surface area contributed by atoms with Crippen LogP contribution in [0.25, 0.3) is 11.0 Å². The molecule has 2 aromatic carbocycles. The molecule has 1 aromatic heterocycles. The van der Waals surface area contributed by atoms with Gasteiger partial charge in [0, 0.05) is 20.3 Å². The smallest absolute Gasteiger partial charge is 0.131 e. The third kappa shape index (κ3) is 3.46. The summed E-state index contributed by atoms with van der Waals surface area (Å²) in [5.41, 5.74) is 3.47. The summed E-state index contributed by atoms with van der Waals surface area (Å²) in [5, 5.41) is 3.74. The molecule has 1 aliphatic rings. The van der Waals surface area contributed by atoms with Crippen molar-refractivity contribution in [3.63, 3.8) is 0 Å². The van der Waals surface area contributed by atoms with Gasteiger partial charge >= 0.3 is 0 Å². The second kappa shape index (κ2) is 7.38. The minimum absolute atomic E-state index is 0.0981. The Morgan fingerprint density at radius 2 is 1.96 bits per heavy atom. The van der Waals surface area contributed by atoms with Gasteiger partial charge < -0.3 is 14.6 Å². The van der Waals surface area contributed by atoms with Crippen LogP contribution in [0.4, 0.5) is 0 Å². The third-order valence-electron chi connectivity index (χ3n) is 5.14. The number of para-hydroxylation sites is 2. The number of ether oxygens (including phenoxy) is 1. The standard InChI is InChI=1S/C21H25N3O/c1-24-19-10-6-5-9-18(19)23-21(24)20(17-7-3-2-4-8-17)22-13-11-16-12-14-25-15-16/h2-10,16,20,22H,11-15H2,1H3/t16-,20-/m1/s1. The van der Waals surface area contributed by atoms with Crippen molar-refractivity contribution in [2.24, 2.45) is 13.0 Å². The normalized spacial score (nSPS) is 18.7. The van der Waals surface area contributed by atoms with E-state index in [0.29, 0.717) is 5.92 Å². The summed E-state index contributed by atoms with van der Waals surface area (Å²) in [4.78, 5) is 4.92. The molecule has 0 saturated carbocycles. The molecule has 0 radical (unpaired) electrons. The zero-order valence-corrected chi connectivity index (χ0v) is 14.7. The lowest BCUT2D eigenvalue weighted by Crippen LogP contribution is -2.27. The van der Waals surface area contributed by atoms with E-state index in [4.69, 9.17) is 9.72 Å².